The fraction of sp³-hybridized carbons (Fsp3) is 0.357. The molecule has 6 heteroatoms. The lowest BCUT2D eigenvalue weighted by molar-refractivity contribution is -0.384. The van der Waals surface area contributed by atoms with Crippen LogP contribution >= 0.6 is 0 Å². The number of rotatable bonds is 6. The maximum atomic E-state index is 11.2. The Balaban J connectivity index is 2.28. The number of para-hydroxylation sites is 1. The largest absolute Gasteiger partial charge is 0.440 e. The van der Waals surface area contributed by atoms with E-state index in [2.05, 4.69) is 10.3 Å². The third kappa shape index (κ3) is 3.03. The standard InChI is InChI=1S/C14H17N3O3/c1-10-5-3-6-11(14(10)17(18)19)12-9-16-13(20-12)7-4-8-15-2/h3,5-6,9,15H,4,7-8H2,1-2H3. The first-order valence-corrected chi connectivity index (χ1v) is 6.47. The number of nitro groups is 1. The number of aromatic nitrogens is 1. The topological polar surface area (TPSA) is 81.2 Å². The van der Waals surface area contributed by atoms with Crippen molar-refractivity contribution in [3.63, 3.8) is 0 Å². The summed E-state index contributed by atoms with van der Waals surface area (Å²) in [5.41, 5.74) is 1.16. The molecule has 0 bridgehead atoms. The summed E-state index contributed by atoms with van der Waals surface area (Å²) < 4.78 is 5.62. The molecule has 1 aromatic heterocycles. The minimum atomic E-state index is -0.381. The number of nitrogens with zero attached hydrogens (tertiary/aromatic N) is 2. The van der Waals surface area contributed by atoms with Crippen LogP contribution in [0.25, 0.3) is 11.3 Å². The van der Waals surface area contributed by atoms with E-state index in [-0.39, 0.29) is 10.6 Å². The van der Waals surface area contributed by atoms with Crippen LogP contribution < -0.4 is 5.32 Å². The third-order valence-corrected chi connectivity index (χ3v) is 3.06. The van der Waals surface area contributed by atoms with Crippen LogP contribution in [0.3, 0.4) is 0 Å². The predicted octanol–water partition coefficient (Wildman–Crippen LogP) is 2.71. The van der Waals surface area contributed by atoms with Gasteiger partial charge in [0.2, 0.25) is 0 Å². The Hall–Kier alpha value is -2.21. The summed E-state index contributed by atoms with van der Waals surface area (Å²) in [6.45, 7) is 2.59. The third-order valence-electron chi connectivity index (χ3n) is 3.06. The second kappa shape index (κ2) is 6.29. The second-order valence-electron chi connectivity index (χ2n) is 4.55. The molecule has 1 heterocycles. The first-order valence-electron chi connectivity index (χ1n) is 6.47. The summed E-state index contributed by atoms with van der Waals surface area (Å²) >= 11 is 0. The molecule has 0 fully saturated rings. The number of benzene rings is 1. The van der Waals surface area contributed by atoms with Gasteiger partial charge >= 0.3 is 0 Å². The fourth-order valence-corrected chi connectivity index (χ4v) is 2.07. The molecule has 1 aromatic carbocycles. The zero-order chi connectivity index (χ0) is 14.5. The van der Waals surface area contributed by atoms with Crippen LogP contribution in [0.1, 0.15) is 17.9 Å². The normalized spacial score (nSPS) is 10.7. The molecule has 0 atom stereocenters. The fourth-order valence-electron chi connectivity index (χ4n) is 2.07. The minimum Gasteiger partial charge on any atom is -0.440 e. The molecule has 0 saturated carbocycles. The summed E-state index contributed by atoms with van der Waals surface area (Å²) in [7, 11) is 1.89. The molecule has 0 unspecified atom stereocenters. The van der Waals surface area contributed by atoms with Crippen LogP contribution in [0.4, 0.5) is 5.69 Å². The Morgan fingerprint density at radius 3 is 2.95 bits per heavy atom. The van der Waals surface area contributed by atoms with Gasteiger partial charge in [-0.3, -0.25) is 10.1 Å². The highest BCUT2D eigenvalue weighted by Crippen LogP contribution is 2.32. The average molecular weight is 275 g/mol. The quantitative estimate of drug-likeness (QED) is 0.498. The van der Waals surface area contributed by atoms with Crippen molar-refractivity contribution in [2.24, 2.45) is 0 Å². The van der Waals surface area contributed by atoms with Crippen LogP contribution in [0.5, 0.6) is 0 Å². The first-order chi connectivity index (χ1) is 9.63. The van der Waals surface area contributed by atoms with Crippen molar-refractivity contribution in [2.45, 2.75) is 19.8 Å². The van der Waals surface area contributed by atoms with Crippen molar-refractivity contribution >= 4 is 5.69 Å². The molecule has 0 aliphatic carbocycles. The molecule has 0 aliphatic rings. The molecule has 1 N–H and O–H groups in total. The van der Waals surface area contributed by atoms with Crippen LogP contribution in [-0.2, 0) is 6.42 Å². The van der Waals surface area contributed by atoms with E-state index in [0.717, 1.165) is 13.0 Å². The Morgan fingerprint density at radius 1 is 1.45 bits per heavy atom. The van der Waals surface area contributed by atoms with E-state index in [1.807, 2.05) is 7.05 Å². The van der Waals surface area contributed by atoms with E-state index in [1.165, 1.54) is 0 Å². The molecule has 2 rings (SSSR count). The van der Waals surface area contributed by atoms with E-state index in [0.29, 0.717) is 29.2 Å². The summed E-state index contributed by atoms with van der Waals surface area (Å²) in [6, 6.07) is 5.18. The molecule has 0 saturated heterocycles. The number of nitrogens with one attached hydrogen (secondary N) is 1. The van der Waals surface area contributed by atoms with Crippen molar-refractivity contribution in [1.82, 2.24) is 10.3 Å². The molecule has 6 nitrogen and oxygen atoms in total. The van der Waals surface area contributed by atoms with E-state index >= 15 is 0 Å². The van der Waals surface area contributed by atoms with Crippen molar-refractivity contribution in [2.75, 3.05) is 13.6 Å². The highest BCUT2D eigenvalue weighted by Gasteiger charge is 2.20. The smallest absolute Gasteiger partial charge is 0.283 e. The molecule has 0 radical (unpaired) electrons. The number of hydrogen-bond donors (Lipinski definition) is 1. The summed E-state index contributed by atoms with van der Waals surface area (Å²) in [6.07, 6.45) is 3.17. The molecule has 20 heavy (non-hydrogen) atoms. The highest BCUT2D eigenvalue weighted by atomic mass is 16.6. The molecule has 0 amide bonds. The van der Waals surface area contributed by atoms with Crippen LogP contribution in [0.2, 0.25) is 0 Å². The van der Waals surface area contributed by atoms with Crippen molar-refractivity contribution < 1.29 is 9.34 Å². The van der Waals surface area contributed by atoms with Gasteiger partial charge in [0.25, 0.3) is 5.69 Å². The van der Waals surface area contributed by atoms with Crippen LogP contribution in [0, 0.1) is 17.0 Å². The van der Waals surface area contributed by atoms with Crippen LogP contribution in [-0.4, -0.2) is 23.5 Å². The summed E-state index contributed by atoms with van der Waals surface area (Å²) in [4.78, 5) is 15.0. The van der Waals surface area contributed by atoms with Gasteiger partial charge in [0.1, 0.15) is 0 Å². The van der Waals surface area contributed by atoms with Gasteiger partial charge in [-0.15, -0.1) is 0 Å². The zero-order valence-electron chi connectivity index (χ0n) is 11.5. The van der Waals surface area contributed by atoms with Crippen LogP contribution in [0.15, 0.2) is 28.8 Å². The van der Waals surface area contributed by atoms with Gasteiger partial charge in [-0.05, 0) is 33.0 Å². The van der Waals surface area contributed by atoms with E-state index < -0.39 is 0 Å². The summed E-state index contributed by atoms with van der Waals surface area (Å²) in [5, 5.41) is 14.2. The maximum absolute atomic E-state index is 11.2. The second-order valence-corrected chi connectivity index (χ2v) is 4.55. The van der Waals surface area contributed by atoms with Gasteiger partial charge in [-0.2, -0.15) is 0 Å². The van der Waals surface area contributed by atoms with Crippen molar-refractivity contribution in [3.05, 3.63) is 46.0 Å². The molecule has 0 spiro atoms. The van der Waals surface area contributed by atoms with Gasteiger partial charge in [0.15, 0.2) is 11.7 Å². The number of oxazole rings is 1. The first kappa shape index (κ1) is 14.2. The van der Waals surface area contributed by atoms with Gasteiger partial charge in [-0.1, -0.05) is 12.1 Å². The minimum absolute atomic E-state index is 0.0745. The lowest BCUT2D eigenvalue weighted by Gasteiger charge is -2.02. The van der Waals surface area contributed by atoms with Gasteiger partial charge in [-0.25, -0.2) is 4.98 Å². The van der Waals surface area contributed by atoms with Crippen molar-refractivity contribution in [1.29, 1.82) is 0 Å². The predicted molar refractivity (Wildman–Crippen MR) is 75.6 cm³/mol. The zero-order valence-corrected chi connectivity index (χ0v) is 11.5. The van der Waals surface area contributed by atoms with Gasteiger partial charge in [0, 0.05) is 12.0 Å². The number of hydrogen-bond acceptors (Lipinski definition) is 5. The Bertz CT molecular complexity index is 607. The van der Waals surface area contributed by atoms with E-state index in [4.69, 9.17) is 4.42 Å². The molecule has 0 aliphatic heterocycles. The lowest BCUT2D eigenvalue weighted by Crippen LogP contribution is -2.08. The number of aryl methyl sites for hydroxylation is 2. The summed E-state index contributed by atoms with van der Waals surface area (Å²) in [5.74, 6) is 1.05. The molecular formula is C14H17N3O3. The lowest BCUT2D eigenvalue weighted by atomic mass is 10.1. The Morgan fingerprint density at radius 2 is 2.25 bits per heavy atom. The molecular weight excluding hydrogens is 258 g/mol. The monoisotopic (exact) mass is 275 g/mol. The van der Waals surface area contributed by atoms with Gasteiger partial charge < -0.3 is 9.73 Å². The Labute approximate surface area is 117 Å². The Kier molecular flexibility index (Phi) is 4.47. The van der Waals surface area contributed by atoms with E-state index in [1.54, 1.807) is 31.3 Å². The molecule has 106 valence electrons. The number of nitro benzene ring substituents is 1. The maximum Gasteiger partial charge on any atom is 0.283 e. The van der Waals surface area contributed by atoms with E-state index in [9.17, 15) is 10.1 Å². The highest BCUT2D eigenvalue weighted by molar-refractivity contribution is 5.71. The van der Waals surface area contributed by atoms with Crippen molar-refractivity contribution in [3.8, 4) is 11.3 Å². The van der Waals surface area contributed by atoms with Gasteiger partial charge in [0.05, 0.1) is 16.7 Å². The SMILES string of the molecule is CNCCCc1ncc(-c2cccc(C)c2[N+](=O)[O-])o1. The molecule has 2 aromatic rings. The average Bonchev–Trinajstić information content (AvgIpc) is 2.87.